The Morgan fingerprint density at radius 2 is 1.48 bits per heavy atom. The van der Waals surface area contributed by atoms with Crippen molar-refractivity contribution >= 4 is 40.2 Å². The molecule has 0 N–H and O–H groups in total. The first kappa shape index (κ1) is 18.3. The molecular weight excluding hydrogens is 377 g/mol. The van der Waals surface area contributed by atoms with E-state index in [1.807, 2.05) is 18.2 Å². The molecular formula is C22H21Cl2N3. The average molecular weight is 398 g/mol. The van der Waals surface area contributed by atoms with E-state index in [-0.39, 0.29) is 0 Å². The Morgan fingerprint density at radius 1 is 0.815 bits per heavy atom. The molecule has 27 heavy (non-hydrogen) atoms. The van der Waals surface area contributed by atoms with Gasteiger partial charge in [0.2, 0.25) is 0 Å². The van der Waals surface area contributed by atoms with Gasteiger partial charge in [-0.3, -0.25) is 9.91 Å². The minimum Gasteiger partial charge on any atom is -0.295 e. The Balaban J connectivity index is 1.38. The van der Waals surface area contributed by atoms with E-state index >= 15 is 0 Å². The average Bonchev–Trinajstić information content (AvgIpc) is 2.69. The van der Waals surface area contributed by atoms with Gasteiger partial charge >= 0.3 is 0 Å². The molecule has 0 spiro atoms. The first-order chi connectivity index (χ1) is 13.2. The predicted molar refractivity (Wildman–Crippen MR) is 115 cm³/mol. The lowest BCUT2D eigenvalue weighted by molar-refractivity contribution is 0.131. The molecule has 1 saturated heterocycles. The highest BCUT2D eigenvalue weighted by Gasteiger charge is 2.16. The standard InChI is InChI=1S/C22H21Cl2N3/c23-21-9-4-10-22(24)20(21)15-25-27-13-11-26(12-14-27)16-18-7-3-6-17-5-1-2-8-19(17)18/h1-10,15H,11-14,16H2/b25-15-. The Hall–Kier alpha value is -2.07. The van der Waals surface area contributed by atoms with Crippen LogP contribution in [0.1, 0.15) is 11.1 Å². The van der Waals surface area contributed by atoms with E-state index in [9.17, 15) is 0 Å². The second kappa shape index (κ2) is 8.30. The lowest BCUT2D eigenvalue weighted by Gasteiger charge is -2.33. The van der Waals surface area contributed by atoms with Gasteiger partial charge in [-0.1, -0.05) is 71.7 Å². The van der Waals surface area contributed by atoms with Crippen molar-refractivity contribution in [1.82, 2.24) is 9.91 Å². The fraction of sp³-hybridized carbons (Fsp3) is 0.227. The zero-order valence-corrected chi connectivity index (χ0v) is 16.5. The number of fused-ring (bicyclic) bond motifs is 1. The highest BCUT2D eigenvalue weighted by molar-refractivity contribution is 6.38. The summed E-state index contributed by atoms with van der Waals surface area (Å²) >= 11 is 12.4. The Bertz CT molecular complexity index is 937. The molecule has 0 amide bonds. The van der Waals surface area contributed by atoms with Crippen molar-refractivity contribution in [3.63, 3.8) is 0 Å². The third-order valence-electron chi connectivity index (χ3n) is 4.97. The van der Waals surface area contributed by atoms with Crippen molar-refractivity contribution in [3.05, 3.63) is 81.8 Å². The molecule has 3 aromatic carbocycles. The SMILES string of the molecule is Clc1cccc(Cl)c1/C=N\N1CCN(Cc2cccc3ccccc23)CC1. The number of nitrogens with zero attached hydrogens (tertiary/aromatic N) is 3. The molecule has 0 bridgehead atoms. The summed E-state index contributed by atoms with van der Waals surface area (Å²) in [5, 5.41) is 10.6. The lowest BCUT2D eigenvalue weighted by Crippen LogP contribution is -2.43. The number of rotatable bonds is 4. The highest BCUT2D eigenvalue weighted by Crippen LogP contribution is 2.23. The molecule has 3 nitrogen and oxygen atoms in total. The van der Waals surface area contributed by atoms with Gasteiger partial charge in [0.05, 0.1) is 16.3 Å². The van der Waals surface area contributed by atoms with Crippen LogP contribution in [0.15, 0.2) is 65.8 Å². The number of piperazine rings is 1. The Morgan fingerprint density at radius 3 is 2.26 bits per heavy atom. The van der Waals surface area contributed by atoms with Crippen molar-refractivity contribution in [3.8, 4) is 0 Å². The molecule has 0 unspecified atom stereocenters. The van der Waals surface area contributed by atoms with Crippen LogP contribution >= 0.6 is 23.2 Å². The third kappa shape index (κ3) is 4.27. The molecule has 0 aliphatic carbocycles. The van der Waals surface area contributed by atoms with Crippen LogP contribution < -0.4 is 0 Å². The molecule has 0 aromatic heterocycles. The molecule has 1 fully saturated rings. The molecule has 4 rings (SSSR count). The summed E-state index contributed by atoms with van der Waals surface area (Å²) in [5.74, 6) is 0. The van der Waals surface area contributed by atoms with Crippen LogP contribution in [-0.4, -0.2) is 42.3 Å². The van der Waals surface area contributed by atoms with Gasteiger partial charge in [0.1, 0.15) is 0 Å². The van der Waals surface area contributed by atoms with Gasteiger partial charge in [-0.05, 0) is 28.5 Å². The quantitative estimate of drug-likeness (QED) is 0.556. The van der Waals surface area contributed by atoms with E-state index in [4.69, 9.17) is 23.2 Å². The molecule has 0 saturated carbocycles. The van der Waals surface area contributed by atoms with E-state index in [2.05, 4.69) is 57.5 Å². The Kier molecular flexibility index (Phi) is 5.63. The van der Waals surface area contributed by atoms with Crippen molar-refractivity contribution < 1.29 is 0 Å². The monoisotopic (exact) mass is 397 g/mol. The maximum Gasteiger partial charge on any atom is 0.0572 e. The molecule has 138 valence electrons. The minimum atomic E-state index is 0.626. The number of hydrogen-bond donors (Lipinski definition) is 0. The molecule has 1 aliphatic rings. The van der Waals surface area contributed by atoms with Gasteiger partial charge in [-0.15, -0.1) is 0 Å². The minimum absolute atomic E-state index is 0.626. The van der Waals surface area contributed by atoms with Crippen molar-refractivity contribution in [2.24, 2.45) is 5.10 Å². The van der Waals surface area contributed by atoms with E-state index in [1.54, 1.807) is 6.21 Å². The number of halogens is 2. The summed E-state index contributed by atoms with van der Waals surface area (Å²) in [6.07, 6.45) is 1.77. The van der Waals surface area contributed by atoms with Crippen LogP contribution in [0.2, 0.25) is 10.0 Å². The second-order valence-corrected chi connectivity index (χ2v) is 7.56. The normalized spacial score (nSPS) is 15.7. The summed E-state index contributed by atoms with van der Waals surface area (Å²) in [4.78, 5) is 2.48. The van der Waals surface area contributed by atoms with Gasteiger partial charge in [0, 0.05) is 38.3 Å². The van der Waals surface area contributed by atoms with Crippen LogP contribution in [0.4, 0.5) is 0 Å². The predicted octanol–water partition coefficient (Wildman–Crippen LogP) is 5.30. The van der Waals surface area contributed by atoms with Gasteiger partial charge in [0.15, 0.2) is 0 Å². The smallest absolute Gasteiger partial charge is 0.0572 e. The third-order valence-corrected chi connectivity index (χ3v) is 5.63. The number of hydrogen-bond acceptors (Lipinski definition) is 3. The lowest BCUT2D eigenvalue weighted by atomic mass is 10.0. The second-order valence-electron chi connectivity index (χ2n) is 6.75. The van der Waals surface area contributed by atoms with Crippen LogP contribution in [0.25, 0.3) is 10.8 Å². The molecule has 5 heteroatoms. The van der Waals surface area contributed by atoms with Crippen molar-refractivity contribution in [1.29, 1.82) is 0 Å². The van der Waals surface area contributed by atoms with Gasteiger partial charge in [-0.2, -0.15) is 5.10 Å². The topological polar surface area (TPSA) is 18.8 Å². The Labute approximate surface area is 169 Å². The van der Waals surface area contributed by atoms with Gasteiger partial charge < -0.3 is 0 Å². The van der Waals surface area contributed by atoms with Crippen LogP contribution in [0.5, 0.6) is 0 Å². The highest BCUT2D eigenvalue weighted by atomic mass is 35.5. The van der Waals surface area contributed by atoms with Gasteiger partial charge in [0.25, 0.3) is 0 Å². The van der Waals surface area contributed by atoms with Crippen molar-refractivity contribution in [2.75, 3.05) is 26.2 Å². The first-order valence-corrected chi connectivity index (χ1v) is 9.88. The summed E-state index contributed by atoms with van der Waals surface area (Å²) in [6.45, 7) is 4.72. The zero-order valence-electron chi connectivity index (χ0n) is 15.0. The summed E-state index contributed by atoms with van der Waals surface area (Å²) in [6, 6.07) is 20.6. The number of benzene rings is 3. The molecule has 0 radical (unpaired) electrons. The summed E-state index contributed by atoms with van der Waals surface area (Å²) in [5.41, 5.74) is 2.16. The van der Waals surface area contributed by atoms with Crippen molar-refractivity contribution in [2.45, 2.75) is 6.54 Å². The fourth-order valence-electron chi connectivity index (χ4n) is 3.46. The van der Waals surface area contributed by atoms with E-state index in [0.29, 0.717) is 10.0 Å². The molecule has 3 aromatic rings. The zero-order chi connectivity index (χ0) is 18.6. The van der Waals surface area contributed by atoms with Crippen LogP contribution in [0.3, 0.4) is 0 Å². The van der Waals surface area contributed by atoms with Gasteiger partial charge in [-0.25, -0.2) is 0 Å². The maximum atomic E-state index is 6.21. The van der Waals surface area contributed by atoms with Crippen LogP contribution in [-0.2, 0) is 6.54 Å². The van der Waals surface area contributed by atoms with E-state index in [1.165, 1.54) is 16.3 Å². The van der Waals surface area contributed by atoms with E-state index in [0.717, 1.165) is 38.3 Å². The first-order valence-electron chi connectivity index (χ1n) is 9.12. The number of hydrazone groups is 1. The summed E-state index contributed by atoms with van der Waals surface area (Å²) < 4.78 is 0. The summed E-state index contributed by atoms with van der Waals surface area (Å²) in [7, 11) is 0. The largest absolute Gasteiger partial charge is 0.295 e. The maximum absolute atomic E-state index is 6.21. The molecule has 1 aliphatic heterocycles. The molecule has 0 atom stereocenters. The molecule has 1 heterocycles. The van der Waals surface area contributed by atoms with Crippen LogP contribution in [0, 0.1) is 0 Å². The van der Waals surface area contributed by atoms with E-state index < -0.39 is 0 Å². The fourth-order valence-corrected chi connectivity index (χ4v) is 3.95.